The molecule has 0 aliphatic heterocycles. The normalized spacial score (nSPS) is 16.7. The molecule has 1 amide bonds. The van der Waals surface area contributed by atoms with Crippen molar-refractivity contribution in [3.05, 3.63) is 84.6 Å². The second-order valence-corrected chi connectivity index (χ2v) is 8.96. The van der Waals surface area contributed by atoms with Crippen molar-refractivity contribution in [2.75, 3.05) is 6.61 Å². The lowest BCUT2D eigenvalue weighted by Crippen LogP contribution is -2.44. The van der Waals surface area contributed by atoms with Crippen molar-refractivity contribution in [2.45, 2.75) is 31.7 Å². The number of hydrogen-bond acceptors (Lipinski definition) is 8. The summed E-state index contributed by atoms with van der Waals surface area (Å²) in [5.74, 6) is 1.37. The predicted molar refractivity (Wildman–Crippen MR) is 136 cm³/mol. The zero-order chi connectivity index (χ0) is 26.1. The second-order valence-electron chi connectivity index (χ2n) is 8.96. The molecular weight excluding hydrogens is 487 g/mol. The summed E-state index contributed by atoms with van der Waals surface area (Å²) in [4.78, 5) is 30.0. The number of carbonyl (C=O) groups excluding carboxylic acids is 1. The zero-order valence-electron chi connectivity index (χ0n) is 20.5. The minimum atomic E-state index is -0.498. The summed E-state index contributed by atoms with van der Waals surface area (Å²) in [5.41, 5.74) is 2.55. The lowest BCUT2D eigenvalue weighted by Gasteiger charge is -2.35. The summed E-state index contributed by atoms with van der Waals surface area (Å²) < 4.78 is 21.0. The van der Waals surface area contributed by atoms with E-state index in [0.717, 1.165) is 17.7 Å². The molecular formula is C27H23FN8O2. The fraction of sp³-hybridized carbons (Fsp3) is 0.222. The Bertz CT molecular complexity index is 1600. The van der Waals surface area contributed by atoms with Gasteiger partial charge in [0.2, 0.25) is 0 Å². The number of ether oxygens (including phenoxy) is 1. The highest BCUT2D eigenvalue weighted by molar-refractivity contribution is 6.04. The molecule has 0 spiro atoms. The number of halogens is 1. The average Bonchev–Trinajstić information content (AvgIpc) is 3.35. The van der Waals surface area contributed by atoms with Gasteiger partial charge in [0.25, 0.3) is 5.91 Å². The molecule has 6 rings (SSSR count). The van der Waals surface area contributed by atoms with Gasteiger partial charge < -0.3 is 10.1 Å². The Balaban J connectivity index is 1.23. The first kappa shape index (κ1) is 23.6. The molecule has 5 aromatic rings. The Labute approximate surface area is 217 Å². The molecule has 0 unspecified atom stereocenters. The predicted octanol–water partition coefficient (Wildman–Crippen LogP) is 3.88. The van der Waals surface area contributed by atoms with Gasteiger partial charge in [-0.1, -0.05) is 0 Å². The summed E-state index contributed by atoms with van der Waals surface area (Å²) in [6.45, 7) is 2.48. The van der Waals surface area contributed by atoms with Crippen molar-refractivity contribution in [3.8, 4) is 23.0 Å². The van der Waals surface area contributed by atoms with E-state index in [9.17, 15) is 9.18 Å². The maximum Gasteiger partial charge on any atom is 0.253 e. The summed E-state index contributed by atoms with van der Waals surface area (Å²) in [6.07, 6.45) is 9.08. The zero-order valence-corrected chi connectivity index (χ0v) is 20.5. The van der Waals surface area contributed by atoms with E-state index >= 15 is 0 Å². The molecule has 5 heterocycles. The maximum atomic E-state index is 13.5. The lowest BCUT2D eigenvalue weighted by molar-refractivity contribution is 0.0908. The highest BCUT2D eigenvalue weighted by Crippen LogP contribution is 2.38. The van der Waals surface area contributed by atoms with Crippen molar-refractivity contribution in [1.29, 1.82) is 0 Å². The monoisotopic (exact) mass is 510 g/mol. The molecule has 0 atom stereocenters. The summed E-state index contributed by atoms with van der Waals surface area (Å²) in [6, 6.07) is 10.3. The Morgan fingerprint density at radius 3 is 2.74 bits per heavy atom. The average molecular weight is 511 g/mol. The molecule has 10 nitrogen and oxygen atoms in total. The third kappa shape index (κ3) is 4.42. The first-order chi connectivity index (χ1) is 18.6. The van der Waals surface area contributed by atoms with Crippen LogP contribution in [-0.2, 0) is 0 Å². The Hall–Kier alpha value is -4.80. The van der Waals surface area contributed by atoms with Gasteiger partial charge in [0.1, 0.15) is 28.6 Å². The first-order valence-corrected chi connectivity index (χ1v) is 12.3. The molecule has 38 heavy (non-hydrogen) atoms. The maximum absolute atomic E-state index is 13.5. The van der Waals surface area contributed by atoms with Crippen LogP contribution in [0.1, 0.15) is 41.9 Å². The van der Waals surface area contributed by atoms with E-state index in [1.807, 2.05) is 35.8 Å². The fourth-order valence-electron chi connectivity index (χ4n) is 4.63. The van der Waals surface area contributed by atoms with Gasteiger partial charge in [0.15, 0.2) is 5.82 Å². The highest BCUT2D eigenvalue weighted by atomic mass is 19.1. The van der Waals surface area contributed by atoms with Crippen LogP contribution in [0.15, 0.2) is 67.4 Å². The second kappa shape index (κ2) is 9.92. The van der Waals surface area contributed by atoms with Crippen molar-refractivity contribution in [3.63, 3.8) is 0 Å². The van der Waals surface area contributed by atoms with E-state index in [4.69, 9.17) is 4.74 Å². The van der Waals surface area contributed by atoms with E-state index in [1.165, 1.54) is 12.3 Å². The molecule has 0 aromatic carbocycles. The minimum absolute atomic E-state index is 0.0535. The third-order valence-corrected chi connectivity index (χ3v) is 6.50. The van der Waals surface area contributed by atoms with E-state index in [1.54, 1.807) is 24.7 Å². The van der Waals surface area contributed by atoms with Gasteiger partial charge in [0.05, 0.1) is 42.0 Å². The quantitative estimate of drug-likeness (QED) is 0.350. The van der Waals surface area contributed by atoms with Crippen LogP contribution in [0.4, 0.5) is 4.39 Å². The number of nitrogens with one attached hydrogen (secondary N) is 1. The molecule has 0 radical (unpaired) electrons. The largest absolute Gasteiger partial charge is 0.492 e. The van der Waals surface area contributed by atoms with E-state index in [-0.39, 0.29) is 17.9 Å². The molecule has 0 bridgehead atoms. The highest BCUT2D eigenvalue weighted by Gasteiger charge is 2.36. The number of fused-ring (bicyclic) bond motifs is 1. The van der Waals surface area contributed by atoms with Gasteiger partial charge in [-0.2, -0.15) is 0 Å². The molecule has 5 aromatic heterocycles. The lowest BCUT2D eigenvalue weighted by atomic mass is 9.79. The molecule has 11 heteroatoms. The van der Waals surface area contributed by atoms with E-state index in [2.05, 4.69) is 35.5 Å². The number of rotatable bonds is 7. The number of pyridine rings is 4. The molecule has 190 valence electrons. The Morgan fingerprint density at radius 1 is 1.08 bits per heavy atom. The van der Waals surface area contributed by atoms with Crippen molar-refractivity contribution < 1.29 is 13.9 Å². The van der Waals surface area contributed by atoms with Crippen LogP contribution >= 0.6 is 0 Å². The van der Waals surface area contributed by atoms with Crippen LogP contribution in [0.5, 0.6) is 5.75 Å². The van der Waals surface area contributed by atoms with Crippen molar-refractivity contribution in [2.24, 2.45) is 0 Å². The number of nitrogens with zero attached hydrogens (tertiary/aromatic N) is 7. The standard InChI is InChI=1S/C27H23FN8O2/c1-2-38-20-5-6-22(31-15-20)26-35-34-25(36(26)19-4-3-8-29-14-19)16-10-18(11-16)33-27(37)21-7-9-30-23-12-17(28)13-32-24(21)23/h3-9,12-16,18H,2,10-11H2,1H3,(H,33,37). The van der Waals surface area contributed by atoms with Gasteiger partial charge in [-0.25, -0.2) is 9.37 Å². The van der Waals surface area contributed by atoms with E-state index in [0.29, 0.717) is 53.3 Å². The fourth-order valence-corrected chi connectivity index (χ4v) is 4.63. The van der Waals surface area contributed by atoms with Crippen LogP contribution in [0, 0.1) is 5.82 Å². The summed E-state index contributed by atoms with van der Waals surface area (Å²) in [5, 5.41) is 12.0. The smallest absolute Gasteiger partial charge is 0.253 e. The third-order valence-electron chi connectivity index (χ3n) is 6.50. The number of aromatic nitrogens is 7. The molecule has 1 aliphatic carbocycles. The van der Waals surface area contributed by atoms with Crippen LogP contribution in [0.2, 0.25) is 0 Å². The van der Waals surface area contributed by atoms with Gasteiger partial charge in [0, 0.05) is 30.4 Å². The van der Waals surface area contributed by atoms with Crippen LogP contribution < -0.4 is 10.1 Å². The topological polar surface area (TPSA) is 121 Å². The van der Waals surface area contributed by atoms with Gasteiger partial charge in [-0.15, -0.1) is 10.2 Å². The van der Waals surface area contributed by atoms with E-state index < -0.39 is 5.82 Å². The first-order valence-electron chi connectivity index (χ1n) is 12.3. The van der Waals surface area contributed by atoms with Gasteiger partial charge in [-0.05, 0) is 50.1 Å². The number of carbonyl (C=O) groups is 1. The molecule has 1 aliphatic rings. The molecule has 1 fully saturated rings. The van der Waals surface area contributed by atoms with Crippen LogP contribution in [0.25, 0.3) is 28.2 Å². The van der Waals surface area contributed by atoms with Crippen LogP contribution in [-0.4, -0.2) is 53.3 Å². The number of hydrogen-bond donors (Lipinski definition) is 1. The van der Waals surface area contributed by atoms with Crippen molar-refractivity contribution in [1.82, 2.24) is 40.0 Å². The summed E-state index contributed by atoms with van der Waals surface area (Å²) >= 11 is 0. The Morgan fingerprint density at radius 2 is 1.97 bits per heavy atom. The Kier molecular flexibility index (Phi) is 6.16. The molecule has 0 saturated heterocycles. The summed E-state index contributed by atoms with van der Waals surface area (Å²) in [7, 11) is 0. The molecule has 1 N–H and O–H groups in total. The van der Waals surface area contributed by atoms with Crippen molar-refractivity contribution >= 4 is 16.9 Å². The van der Waals surface area contributed by atoms with Gasteiger partial charge in [-0.3, -0.25) is 24.3 Å². The van der Waals surface area contributed by atoms with Gasteiger partial charge >= 0.3 is 0 Å². The SMILES string of the molecule is CCOc1ccc(-c2nnc(C3CC(NC(=O)c4ccnc5cc(F)cnc45)C3)n2-c2cccnc2)nc1. The van der Waals surface area contributed by atoms with Crippen LogP contribution in [0.3, 0.4) is 0 Å². The minimum Gasteiger partial charge on any atom is -0.492 e. The number of amides is 1. The molecule has 1 saturated carbocycles.